The van der Waals surface area contributed by atoms with E-state index >= 15 is 0 Å². The molecule has 0 saturated carbocycles. The Balaban J connectivity index is 2.03. The Morgan fingerprint density at radius 2 is 1.68 bits per heavy atom. The summed E-state index contributed by atoms with van der Waals surface area (Å²) < 4.78 is 45.4. The van der Waals surface area contributed by atoms with E-state index in [1.165, 1.54) is 0 Å². The first-order chi connectivity index (χ1) is 13.4. The highest BCUT2D eigenvalue weighted by Gasteiger charge is 2.43. The highest BCUT2D eigenvalue weighted by molar-refractivity contribution is 6.52. The Morgan fingerprint density at radius 1 is 1.04 bits per heavy atom. The number of hydrogen-bond acceptors (Lipinski definition) is 5. The molecule has 0 atom stereocenters. The van der Waals surface area contributed by atoms with Crippen molar-refractivity contribution in [1.29, 1.82) is 0 Å². The van der Waals surface area contributed by atoms with E-state index in [1.807, 2.05) is 29.8 Å². The summed E-state index contributed by atoms with van der Waals surface area (Å²) in [6.45, 7) is 0. The van der Waals surface area contributed by atoms with Gasteiger partial charge in [0.25, 0.3) is 0 Å². The third kappa shape index (κ3) is 2.90. The number of fused-ring (bicyclic) bond motifs is 3. The smallest absolute Gasteiger partial charge is 0.450 e. The van der Waals surface area contributed by atoms with Crippen molar-refractivity contribution in [2.24, 2.45) is 10.2 Å². The number of hydrogen-bond donors (Lipinski definition) is 1. The van der Waals surface area contributed by atoms with E-state index in [0.29, 0.717) is 10.5 Å². The third-order valence-corrected chi connectivity index (χ3v) is 4.32. The van der Waals surface area contributed by atoms with Gasteiger partial charge in [-0.1, -0.05) is 53.6 Å². The summed E-state index contributed by atoms with van der Waals surface area (Å²) in [7, 11) is 1.09. The van der Waals surface area contributed by atoms with Crippen LogP contribution in [0.2, 0.25) is 0 Å². The number of hydrazone groups is 2. The number of amides is 1. The van der Waals surface area contributed by atoms with Gasteiger partial charge in [-0.25, -0.2) is 4.79 Å². The summed E-state index contributed by atoms with van der Waals surface area (Å²) in [5, 5.41) is 10.7. The van der Waals surface area contributed by atoms with Gasteiger partial charge in [0.15, 0.2) is 5.71 Å². The SMILES string of the molecule is COC(=O)N1N=C(c2cc3ccccc3c3ccccc23)C(C(F)(F)F)=NN1. The van der Waals surface area contributed by atoms with Crippen molar-refractivity contribution in [2.75, 3.05) is 7.11 Å². The quantitative estimate of drug-likeness (QED) is 0.638. The van der Waals surface area contributed by atoms with Crippen molar-refractivity contribution in [2.45, 2.75) is 6.18 Å². The number of nitrogens with one attached hydrogen (secondary N) is 1. The molecule has 1 amide bonds. The topological polar surface area (TPSA) is 66.3 Å². The minimum atomic E-state index is -4.78. The van der Waals surface area contributed by atoms with Gasteiger partial charge in [-0.15, -0.1) is 5.10 Å². The van der Waals surface area contributed by atoms with Crippen molar-refractivity contribution >= 4 is 39.1 Å². The van der Waals surface area contributed by atoms with Crippen molar-refractivity contribution in [3.63, 3.8) is 0 Å². The second-order valence-corrected chi connectivity index (χ2v) is 5.98. The van der Waals surface area contributed by atoms with Gasteiger partial charge in [0.2, 0.25) is 0 Å². The molecule has 0 saturated heterocycles. The zero-order valence-corrected chi connectivity index (χ0v) is 14.5. The summed E-state index contributed by atoms with van der Waals surface area (Å²) in [4.78, 5) is 11.8. The lowest BCUT2D eigenvalue weighted by Gasteiger charge is -2.24. The second-order valence-electron chi connectivity index (χ2n) is 5.98. The predicted molar refractivity (Wildman–Crippen MR) is 98.9 cm³/mol. The molecule has 0 aliphatic carbocycles. The van der Waals surface area contributed by atoms with Crippen molar-refractivity contribution in [3.05, 3.63) is 60.2 Å². The van der Waals surface area contributed by atoms with Crippen LogP contribution < -0.4 is 5.53 Å². The van der Waals surface area contributed by atoms with E-state index in [1.54, 1.807) is 30.3 Å². The first-order valence-electron chi connectivity index (χ1n) is 8.18. The van der Waals surface area contributed by atoms with Crippen molar-refractivity contribution in [1.82, 2.24) is 10.7 Å². The first kappa shape index (κ1) is 17.8. The summed E-state index contributed by atoms with van der Waals surface area (Å²) in [6, 6.07) is 16.0. The molecular weight excluding hydrogens is 373 g/mol. The molecule has 28 heavy (non-hydrogen) atoms. The van der Waals surface area contributed by atoms with Crippen LogP contribution in [0.4, 0.5) is 18.0 Å². The van der Waals surface area contributed by atoms with Gasteiger partial charge in [-0.3, -0.25) is 0 Å². The van der Waals surface area contributed by atoms with Crippen LogP contribution in [0, 0.1) is 0 Å². The van der Waals surface area contributed by atoms with Gasteiger partial charge < -0.3 is 4.74 Å². The Hall–Kier alpha value is -3.62. The van der Waals surface area contributed by atoms with Crippen molar-refractivity contribution < 1.29 is 22.7 Å². The van der Waals surface area contributed by atoms with Crippen LogP contribution in [0.5, 0.6) is 0 Å². The summed E-state index contributed by atoms with van der Waals surface area (Å²) in [6.07, 6.45) is -5.77. The molecule has 9 heteroatoms. The van der Waals surface area contributed by atoms with Crippen LogP contribution in [0.25, 0.3) is 21.5 Å². The number of methoxy groups -OCH3 is 1. The maximum Gasteiger partial charge on any atom is 0.451 e. The maximum atomic E-state index is 13.6. The number of nitrogens with zero attached hydrogens (tertiary/aromatic N) is 3. The molecule has 0 fully saturated rings. The molecule has 4 rings (SSSR count). The number of benzene rings is 3. The fraction of sp³-hybridized carbons (Fsp3) is 0.105. The van der Waals surface area contributed by atoms with E-state index in [-0.39, 0.29) is 5.56 Å². The van der Waals surface area contributed by atoms with Crippen LogP contribution in [0.1, 0.15) is 5.56 Å². The fourth-order valence-corrected chi connectivity index (χ4v) is 3.12. The van der Waals surface area contributed by atoms with Crippen LogP contribution in [0.3, 0.4) is 0 Å². The average Bonchev–Trinajstić information content (AvgIpc) is 2.71. The highest BCUT2D eigenvalue weighted by atomic mass is 19.4. The molecule has 0 bridgehead atoms. The van der Waals surface area contributed by atoms with Gasteiger partial charge in [0.05, 0.1) is 7.11 Å². The lowest BCUT2D eigenvalue weighted by Crippen LogP contribution is -2.46. The number of carbonyl (C=O) groups excluding carboxylic acids is 1. The number of halogens is 3. The normalized spacial score (nSPS) is 14.5. The first-order valence-corrected chi connectivity index (χ1v) is 8.18. The van der Waals surface area contributed by atoms with Gasteiger partial charge in [-0.2, -0.15) is 23.8 Å². The van der Waals surface area contributed by atoms with Gasteiger partial charge in [-0.05, 0) is 27.6 Å². The monoisotopic (exact) mass is 386 g/mol. The second kappa shape index (κ2) is 6.52. The zero-order valence-electron chi connectivity index (χ0n) is 14.5. The Bertz CT molecular complexity index is 1150. The Labute approximate surface area is 156 Å². The summed E-state index contributed by atoms with van der Waals surface area (Å²) in [5.74, 6) is 0. The van der Waals surface area contributed by atoms with Crippen LogP contribution in [-0.4, -0.2) is 35.9 Å². The van der Waals surface area contributed by atoms with E-state index in [4.69, 9.17) is 0 Å². The number of alkyl halides is 3. The average molecular weight is 386 g/mol. The fourth-order valence-electron chi connectivity index (χ4n) is 3.12. The van der Waals surface area contributed by atoms with Crippen molar-refractivity contribution in [3.8, 4) is 0 Å². The maximum absolute atomic E-state index is 13.6. The third-order valence-electron chi connectivity index (χ3n) is 4.32. The number of rotatable bonds is 1. The largest absolute Gasteiger partial charge is 0.451 e. The van der Waals surface area contributed by atoms with Crippen LogP contribution in [-0.2, 0) is 4.74 Å². The molecule has 0 spiro atoms. The molecule has 0 unspecified atom stereocenters. The number of ether oxygens (including phenoxy) is 1. The van der Waals surface area contributed by atoms with E-state index in [9.17, 15) is 18.0 Å². The van der Waals surface area contributed by atoms with Crippen LogP contribution >= 0.6 is 0 Å². The lowest BCUT2D eigenvalue weighted by atomic mass is 9.93. The molecule has 3 aromatic rings. The number of hydrazine groups is 1. The minimum absolute atomic E-state index is 0.209. The van der Waals surface area contributed by atoms with Gasteiger partial charge in [0.1, 0.15) is 5.71 Å². The summed E-state index contributed by atoms with van der Waals surface area (Å²) in [5.41, 5.74) is 0.458. The molecule has 1 aliphatic rings. The van der Waals surface area contributed by atoms with E-state index in [2.05, 4.69) is 14.9 Å². The Morgan fingerprint density at radius 3 is 2.36 bits per heavy atom. The Kier molecular flexibility index (Phi) is 4.14. The molecule has 1 aliphatic heterocycles. The molecule has 1 heterocycles. The number of carbonyl (C=O) groups is 1. The van der Waals surface area contributed by atoms with E-state index in [0.717, 1.165) is 23.3 Å². The molecule has 1 N–H and O–H groups in total. The van der Waals surface area contributed by atoms with E-state index < -0.39 is 23.7 Å². The minimum Gasteiger partial charge on any atom is -0.450 e. The molecule has 3 aromatic carbocycles. The van der Waals surface area contributed by atoms with Gasteiger partial charge >= 0.3 is 12.3 Å². The molecular formula is C19H13F3N4O2. The standard InChI is InChI=1S/C19H13F3N4O2/c1-28-18(27)26-24-16(17(23-25-26)19(20,21)22)15-10-11-6-2-3-7-12(11)13-8-4-5-9-14(13)15/h2-10,25H,1H3. The zero-order chi connectivity index (χ0) is 19.9. The predicted octanol–water partition coefficient (Wildman–Crippen LogP) is 4.20. The molecule has 142 valence electrons. The van der Waals surface area contributed by atoms with Gasteiger partial charge in [0, 0.05) is 5.56 Å². The highest BCUT2D eigenvalue weighted by Crippen LogP contribution is 2.32. The molecule has 0 aromatic heterocycles. The molecule has 6 nitrogen and oxygen atoms in total. The summed E-state index contributed by atoms with van der Waals surface area (Å²) >= 11 is 0. The molecule has 0 radical (unpaired) electrons. The lowest BCUT2D eigenvalue weighted by molar-refractivity contribution is -0.0581. The van der Waals surface area contributed by atoms with Crippen LogP contribution in [0.15, 0.2) is 64.8 Å².